The maximum absolute atomic E-state index is 12.4. The predicted molar refractivity (Wildman–Crippen MR) is 95.0 cm³/mol. The average molecular weight is 375 g/mol. The third kappa shape index (κ3) is 3.89. The summed E-state index contributed by atoms with van der Waals surface area (Å²) in [5.74, 6) is -0.212. The Morgan fingerprint density at radius 3 is 2.73 bits per heavy atom. The fourth-order valence-electron chi connectivity index (χ4n) is 2.31. The molecule has 3 rings (SSSR count). The molecule has 3 aromatic rings. The predicted octanol–water partition coefficient (Wildman–Crippen LogP) is 2.89. The number of amides is 1. The summed E-state index contributed by atoms with van der Waals surface area (Å²) in [5.41, 5.74) is 0.858. The highest BCUT2D eigenvalue weighted by atomic mass is 35.5. The third-order valence-corrected chi connectivity index (χ3v) is 4.00. The minimum Gasteiger partial charge on any atom is -0.306 e. The van der Waals surface area contributed by atoms with Gasteiger partial charge in [0.25, 0.3) is 0 Å². The fraction of sp³-hybridized carbons (Fsp3) is 0.188. The number of hydrogen-bond acceptors (Lipinski definition) is 5. The summed E-state index contributed by atoms with van der Waals surface area (Å²) in [6.07, 6.45) is 3.90. The van der Waals surface area contributed by atoms with Crippen molar-refractivity contribution in [2.75, 3.05) is 5.32 Å². The molecular weight excluding hydrogens is 360 g/mol. The monoisotopic (exact) mass is 374 g/mol. The van der Waals surface area contributed by atoms with Crippen LogP contribution in [0.3, 0.4) is 0 Å². The number of carbonyl (C=O) groups is 1. The smallest absolute Gasteiger partial charge is 0.306 e. The first-order chi connectivity index (χ1) is 12.4. The maximum atomic E-state index is 12.4. The molecule has 0 aliphatic carbocycles. The number of rotatable bonds is 6. The summed E-state index contributed by atoms with van der Waals surface area (Å²) in [7, 11) is 0. The molecule has 0 saturated heterocycles. The standard InChI is InChI=1S/C16H15ClN6O3/c1-11(22-9-13(7-18-22)23(25)26)16(24)19-15-14(17)10-21(20-15)8-12-5-3-2-4-6-12/h2-7,9-11H,8H2,1H3,(H,19,20,24). The molecule has 0 bridgehead atoms. The molecule has 1 N–H and O–H groups in total. The van der Waals surface area contributed by atoms with Crippen LogP contribution in [0, 0.1) is 10.1 Å². The van der Waals surface area contributed by atoms with Crippen molar-refractivity contribution in [1.29, 1.82) is 0 Å². The van der Waals surface area contributed by atoms with Crippen LogP contribution < -0.4 is 5.32 Å². The van der Waals surface area contributed by atoms with Gasteiger partial charge in [0, 0.05) is 6.20 Å². The van der Waals surface area contributed by atoms with Crippen LogP contribution in [0.25, 0.3) is 0 Å². The number of benzene rings is 1. The van der Waals surface area contributed by atoms with Crippen LogP contribution in [0.1, 0.15) is 18.5 Å². The van der Waals surface area contributed by atoms with Crippen LogP contribution in [-0.4, -0.2) is 30.4 Å². The molecule has 0 saturated carbocycles. The zero-order chi connectivity index (χ0) is 18.7. The van der Waals surface area contributed by atoms with Gasteiger partial charge in [0.1, 0.15) is 23.5 Å². The number of anilines is 1. The Morgan fingerprint density at radius 1 is 1.35 bits per heavy atom. The maximum Gasteiger partial charge on any atom is 0.307 e. The van der Waals surface area contributed by atoms with E-state index in [2.05, 4.69) is 15.5 Å². The minimum atomic E-state index is -0.765. The normalized spacial score (nSPS) is 11.9. The van der Waals surface area contributed by atoms with Crippen LogP contribution in [-0.2, 0) is 11.3 Å². The second-order valence-electron chi connectivity index (χ2n) is 5.61. The van der Waals surface area contributed by atoms with E-state index in [-0.39, 0.29) is 11.5 Å². The van der Waals surface area contributed by atoms with E-state index in [1.165, 1.54) is 10.9 Å². The number of aromatic nitrogens is 4. The largest absolute Gasteiger partial charge is 0.307 e. The van der Waals surface area contributed by atoms with Crippen LogP contribution in [0.4, 0.5) is 11.5 Å². The van der Waals surface area contributed by atoms with Gasteiger partial charge in [-0.25, -0.2) is 0 Å². The van der Waals surface area contributed by atoms with Gasteiger partial charge in [-0.05, 0) is 12.5 Å². The molecule has 0 fully saturated rings. The molecule has 0 aliphatic rings. The van der Waals surface area contributed by atoms with Crippen molar-refractivity contribution in [2.45, 2.75) is 19.5 Å². The van der Waals surface area contributed by atoms with Gasteiger partial charge in [0.2, 0.25) is 5.91 Å². The molecule has 1 aromatic carbocycles. The zero-order valence-electron chi connectivity index (χ0n) is 13.7. The van der Waals surface area contributed by atoms with Crippen LogP contribution >= 0.6 is 11.6 Å². The van der Waals surface area contributed by atoms with Crippen molar-refractivity contribution in [2.24, 2.45) is 0 Å². The molecule has 2 heterocycles. The summed E-state index contributed by atoms with van der Waals surface area (Å²) in [6.45, 7) is 2.08. The van der Waals surface area contributed by atoms with Gasteiger partial charge < -0.3 is 5.32 Å². The van der Waals surface area contributed by atoms with Gasteiger partial charge in [0.15, 0.2) is 5.82 Å². The van der Waals surface area contributed by atoms with Gasteiger partial charge in [-0.15, -0.1) is 0 Å². The lowest BCUT2D eigenvalue weighted by atomic mass is 10.2. The molecule has 0 radical (unpaired) electrons. The highest BCUT2D eigenvalue weighted by Crippen LogP contribution is 2.22. The van der Waals surface area contributed by atoms with Crippen LogP contribution in [0.2, 0.25) is 5.02 Å². The first kappa shape index (κ1) is 17.6. The first-order valence-corrected chi connectivity index (χ1v) is 8.08. The van der Waals surface area contributed by atoms with Gasteiger partial charge in [-0.2, -0.15) is 10.2 Å². The molecule has 26 heavy (non-hydrogen) atoms. The molecule has 2 aromatic heterocycles. The highest BCUT2D eigenvalue weighted by Gasteiger charge is 2.21. The third-order valence-electron chi connectivity index (χ3n) is 3.72. The van der Waals surface area contributed by atoms with Gasteiger partial charge >= 0.3 is 5.69 Å². The highest BCUT2D eigenvalue weighted by molar-refractivity contribution is 6.33. The van der Waals surface area contributed by atoms with Gasteiger partial charge in [0.05, 0.1) is 11.5 Å². The van der Waals surface area contributed by atoms with E-state index in [1.807, 2.05) is 30.3 Å². The first-order valence-electron chi connectivity index (χ1n) is 7.70. The molecule has 9 nitrogen and oxygen atoms in total. The molecule has 134 valence electrons. The van der Waals surface area contributed by atoms with E-state index < -0.39 is 16.9 Å². The van der Waals surface area contributed by atoms with E-state index in [0.717, 1.165) is 11.8 Å². The molecule has 1 amide bonds. The lowest BCUT2D eigenvalue weighted by Gasteiger charge is -2.11. The van der Waals surface area contributed by atoms with Crippen molar-refractivity contribution in [3.8, 4) is 0 Å². The number of nitrogens with one attached hydrogen (secondary N) is 1. The van der Waals surface area contributed by atoms with E-state index >= 15 is 0 Å². The number of hydrogen-bond donors (Lipinski definition) is 1. The molecule has 0 aliphatic heterocycles. The lowest BCUT2D eigenvalue weighted by molar-refractivity contribution is -0.385. The Hall–Kier alpha value is -3.20. The Kier molecular flexibility index (Phi) is 4.99. The second-order valence-corrected chi connectivity index (χ2v) is 6.02. The van der Waals surface area contributed by atoms with Crippen molar-refractivity contribution in [1.82, 2.24) is 19.6 Å². The molecule has 1 atom stereocenters. The van der Waals surface area contributed by atoms with Crippen molar-refractivity contribution in [3.63, 3.8) is 0 Å². The van der Waals surface area contributed by atoms with Crippen molar-refractivity contribution < 1.29 is 9.72 Å². The van der Waals surface area contributed by atoms with E-state index in [0.29, 0.717) is 11.6 Å². The summed E-state index contributed by atoms with van der Waals surface area (Å²) < 4.78 is 2.83. The second kappa shape index (κ2) is 7.36. The van der Waals surface area contributed by atoms with Crippen molar-refractivity contribution >= 4 is 29.0 Å². The summed E-state index contributed by atoms with van der Waals surface area (Å²) in [4.78, 5) is 22.5. The number of nitro groups is 1. The number of carbonyl (C=O) groups excluding carboxylic acids is 1. The van der Waals surface area contributed by atoms with E-state index in [1.54, 1.807) is 17.8 Å². The summed E-state index contributed by atoms with van der Waals surface area (Å²) >= 11 is 6.14. The summed E-state index contributed by atoms with van der Waals surface area (Å²) in [5, 5.41) is 21.7. The van der Waals surface area contributed by atoms with E-state index in [4.69, 9.17) is 11.6 Å². The molecule has 0 spiro atoms. The SMILES string of the molecule is CC(C(=O)Nc1nn(Cc2ccccc2)cc1Cl)n1cc([N+](=O)[O-])cn1. The Balaban J connectivity index is 1.69. The van der Waals surface area contributed by atoms with Gasteiger partial charge in [-0.3, -0.25) is 24.3 Å². The molecule has 1 unspecified atom stereocenters. The van der Waals surface area contributed by atoms with E-state index in [9.17, 15) is 14.9 Å². The Morgan fingerprint density at radius 2 is 2.08 bits per heavy atom. The van der Waals surface area contributed by atoms with Crippen LogP contribution in [0.15, 0.2) is 48.9 Å². The van der Waals surface area contributed by atoms with Gasteiger partial charge in [-0.1, -0.05) is 41.9 Å². The van der Waals surface area contributed by atoms with Crippen molar-refractivity contribution in [3.05, 3.63) is 69.6 Å². The lowest BCUT2D eigenvalue weighted by Crippen LogP contribution is -2.24. The number of nitrogens with zero attached hydrogens (tertiary/aromatic N) is 5. The quantitative estimate of drug-likeness (QED) is 0.527. The minimum absolute atomic E-state index is 0.185. The van der Waals surface area contributed by atoms with Crippen LogP contribution in [0.5, 0.6) is 0 Å². The average Bonchev–Trinajstić information content (AvgIpc) is 3.23. The topological polar surface area (TPSA) is 108 Å². The fourth-order valence-corrected chi connectivity index (χ4v) is 2.51. The zero-order valence-corrected chi connectivity index (χ0v) is 14.5. The molecular formula is C16H15ClN6O3. The summed E-state index contributed by atoms with van der Waals surface area (Å²) in [6, 6.07) is 8.93. The number of halogens is 1. The molecule has 10 heteroatoms. The Bertz CT molecular complexity index is 937. The Labute approximate surface area is 153 Å².